The van der Waals surface area contributed by atoms with E-state index in [0.29, 0.717) is 0 Å². The van der Waals surface area contributed by atoms with Crippen molar-refractivity contribution in [3.05, 3.63) is 35.4 Å². The van der Waals surface area contributed by atoms with Crippen LogP contribution in [0.5, 0.6) is 5.75 Å². The molecule has 0 unspecified atom stereocenters. The Hall–Kier alpha value is -2.26. The summed E-state index contributed by atoms with van der Waals surface area (Å²) in [7, 11) is 0. The van der Waals surface area contributed by atoms with Crippen LogP contribution in [0.2, 0.25) is 0 Å². The maximum absolute atomic E-state index is 9.15. The number of hydrogen-bond donors (Lipinski definition) is 1. The molecular formula is C10H6N2O. The van der Waals surface area contributed by atoms with Crippen LogP contribution in [0, 0.1) is 22.7 Å². The maximum Gasteiger partial charge on any atom is 0.133 e. The minimum Gasteiger partial charge on any atom is -0.507 e. The predicted octanol–water partition coefficient (Wildman–Crippen LogP) is 1.80. The number of aromatic hydroxyl groups is 1. The lowest BCUT2D eigenvalue weighted by atomic mass is 10.1. The van der Waals surface area contributed by atoms with Gasteiger partial charge in [-0.3, -0.25) is 0 Å². The molecule has 1 N–H and O–H groups in total. The quantitative estimate of drug-likeness (QED) is 0.653. The van der Waals surface area contributed by atoms with Gasteiger partial charge >= 0.3 is 0 Å². The van der Waals surface area contributed by atoms with E-state index < -0.39 is 0 Å². The first-order chi connectivity index (χ1) is 6.27. The summed E-state index contributed by atoms with van der Waals surface area (Å²) in [6, 6.07) is 8.26. The molecule has 62 valence electrons. The Morgan fingerprint density at radius 1 is 1.31 bits per heavy atom. The van der Waals surface area contributed by atoms with Gasteiger partial charge in [0, 0.05) is 6.08 Å². The van der Waals surface area contributed by atoms with Crippen molar-refractivity contribution in [2.45, 2.75) is 0 Å². The van der Waals surface area contributed by atoms with Crippen LogP contribution >= 0.6 is 0 Å². The fraction of sp³-hybridized carbons (Fsp3) is 0. The van der Waals surface area contributed by atoms with Gasteiger partial charge in [0.1, 0.15) is 11.8 Å². The summed E-state index contributed by atoms with van der Waals surface area (Å²) in [6.45, 7) is 0. The number of nitrogens with zero attached hydrogens (tertiary/aromatic N) is 2. The van der Waals surface area contributed by atoms with E-state index >= 15 is 0 Å². The van der Waals surface area contributed by atoms with Crippen molar-refractivity contribution >= 4 is 6.08 Å². The molecule has 0 aliphatic heterocycles. The van der Waals surface area contributed by atoms with Crippen molar-refractivity contribution in [1.29, 1.82) is 10.5 Å². The third-order valence-corrected chi connectivity index (χ3v) is 1.49. The molecule has 13 heavy (non-hydrogen) atoms. The van der Waals surface area contributed by atoms with E-state index in [-0.39, 0.29) is 11.3 Å². The van der Waals surface area contributed by atoms with Gasteiger partial charge < -0.3 is 5.11 Å². The second kappa shape index (κ2) is 3.94. The maximum atomic E-state index is 9.15. The van der Waals surface area contributed by atoms with Gasteiger partial charge in [0.25, 0.3) is 0 Å². The molecule has 0 atom stereocenters. The molecule has 0 saturated carbocycles. The van der Waals surface area contributed by atoms with Crippen molar-refractivity contribution in [2.24, 2.45) is 0 Å². The first kappa shape index (κ1) is 8.83. The predicted molar refractivity (Wildman–Crippen MR) is 47.5 cm³/mol. The Morgan fingerprint density at radius 3 is 2.69 bits per heavy atom. The molecule has 0 radical (unpaired) electrons. The van der Waals surface area contributed by atoms with Crippen LogP contribution in [0.3, 0.4) is 0 Å². The zero-order chi connectivity index (χ0) is 9.68. The molecule has 3 nitrogen and oxygen atoms in total. The minimum atomic E-state index is -0.0448. The van der Waals surface area contributed by atoms with Gasteiger partial charge in [-0.2, -0.15) is 10.5 Å². The van der Waals surface area contributed by atoms with E-state index in [4.69, 9.17) is 15.6 Å². The molecule has 3 heteroatoms. The van der Waals surface area contributed by atoms with Gasteiger partial charge in [-0.1, -0.05) is 6.07 Å². The van der Waals surface area contributed by atoms with Gasteiger partial charge in [0.15, 0.2) is 0 Å². The van der Waals surface area contributed by atoms with E-state index in [1.165, 1.54) is 18.2 Å². The molecule has 0 heterocycles. The standard InChI is InChI=1S/C10H6N2O/c11-5-1-2-8-3-4-10(13)9(6-8)7-12/h1-4,6,13H. The first-order valence-corrected chi connectivity index (χ1v) is 3.57. The zero-order valence-corrected chi connectivity index (χ0v) is 6.73. The lowest BCUT2D eigenvalue weighted by Gasteiger charge is -1.96. The van der Waals surface area contributed by atoms with Crippen LogP contribution < -0.4 is 0 Å². The summed E-state index contributed by atoms with van der Waals surface area (Å²) in [5, 5.41) is 26.0. The van der Waals surface area contributed by atoms with Crippen LogP contribution in [0.15, 0.2) is 24.3 Å². The monoisotopic (exact) mass is 170 g/mol. The average molecular weight is 170 g/mol. The number of nitriles is 2. The van der Waals surface area contributed by atoms with Crippen LogP contribution in [0.4, 0.5) is 0 Å². The van der Waals surface area contributed by atoms with Gasteiger partial charge in [-0.25, -0.2) is 0 Å². The Labute approximate surface area is 75.8 Å². The molecule has 0 saturated heterocycles. The molecule has 0 aliphatic carbocycles. The van der Waals surface area contributed by atoms with E-state index in [2.05, 4.69) is 0 Å². The van der Waals surface area contributed by atoms with Crippen LogP contribution in [-0.4, -0.2) is 5.11 Å². The highest BCUT2D eigenvalue weighted by atomic mass is 16.3. The van der Waals surface area contributed by atoms with Crippen LogP contribution in [-0.2, 0) is 0 Å². The Balaban J connectivity index is 3.10. The lowest BCUT2D eigenvalue weighted by molar-refractivity contribution is 0.473. The fourth-order valence-electron chi connectivity index (χ4n) is 0.880. The third kappa shape index (κ3) is 2.08. The number of benzene rings is 1. The lowest BCUT2D eigenvalue weighted by Crippen LogP contribution is -1.78. The zero-order valence-electron chi connectivity index (χ0n) is 6.73. The minimum absolute atomic E-state index is 0.0448. The van der Waals surface area contributed by atoms with Crippen molar-refractivity contribution in [3.63, 3.8) is 0 Å². The largest absolute Gasteiger partial charge is 0.507 e. The highest BCUT2D eigenvalue weighted by molar-refractivity contribution is 5.57. The summed E-state index contributed by atoms with van der Waals surface area (Å²) in [5.41, 5.74) is 0.927. The van der Waals surface area contributed by atoms with Gasteiger partial charge in [0.05, 0.1) is 11.6 Å². The van der Waals surface area contributed by atoms with E-state index in [1.807, 2.05) is 12.1 Å². The first-order valence-electron chi connectivity index (χ1n) is 3.57. The van der Waals surface area contributed by atoms with E-state index in [1.54, 1.807) is 12.1 Å². The van der Waals surface area contributed by atoms with Crippen molar-refractivity contribution in [2.75, 3.05) is 0 Å². The summed E-state index contributed by atoms with van der Waals surface area (Å²) in [4.78, 5) is 0. The number of rotatable bonds is 1. The smallest absolute Gasteiger partial charge is 0.133 e. The second-order valence-corrected chi connectivity index (χ2v) is 2.35. The van der Waals surface area contributed by atoms with Crippen molar-refractivity contribution < 1.29 is 5.11 Å². The molecule has 1 aromatic carbocycles. The molecule has 1 rings (SSSR count). The highest BCUT2D eigenvalue weighted by Crippen LogP contribution is 2.17. The van der Waals surface area contributed by atoms with E-state index in [9.17, 15) is 0 Å². The van der Waals surface area contributed by atoms with Crippen LogP contribution in [0.25, 0.3) is 6.08 Å². The molecule has 0 aromatic heterocycles. The molecule has 0 bridgehead atoms. The number of phenols is 1. The summed E-state index contributed by atoms with van der Waals surface area (Å²) >= 11 is 0. The SMILES string of the molecule is N#CC=Cc1ccc(O)c(C#N)c1. The molecule has 1 aromatic rings. The van der Waals surface area contributed by atoms with Gasteiger partial charge in [-0.05, 0) is 23.8 Å². The second-order valence-electron chi connectivity index (χ2n) is 2.35. The van der Waals surface area contributed by atoms with Gasteiger partial charge in [0.2, 0.25) is 0 Å². The number of phenolic OH excluding ortho intramolecular Hbond substituents is 1. The Morgan fingerprint density at radius 2 is 2.08 bits per heavy atom. The number of allylic oxidation sites excluding steroid dienone is 1. The molecule has 0 fully saturated rings. The fourth-order valence-corrected chi connectivity index (χ4v) is 0.880. The number of hydrogen-bond acceptors (Lipinski definition) is 3. The summed E-state index contributed by atoms with van der Waals surface area (Å²) < 4.78 is 0. The topological polar surface area (TPSA) is 67.8 Å². The average Bonchev–Trinajstić information content (AvgIpc) is 2.16. The van der Waals surface area contributed by atoms with Crippen molar-refractivity contribution in [1.82, 2.24) is 0 Å². The highest BCUT2D eigenvalue weighted by Gasteiger charge is 1.98. The van der Waals surface area contributed by atoms with Crippen LogP contribution in [0.1, 0.15) is 11.1 Å². The third-order valence-electron chi connectivity index (χ3n) is 1.49. The van der Waals surface area contributed by atoms with E-state index in [0.717, 1.165) is 5.56 Å². The molecule has 0 aliphatic rings. The summed E-state index contributed by atoms with van der Waals surface area (Å²) in [6.07, 6.45) is 2.88. The molecular weight excluding hydrogens is 164 g/mol. The van der Waals surface area contributed by atoms with Gasteiger partial charge in [-0.15, -0.1) is 0 Å². The molecule has 0 spiro atoms. The Kier molecular flexibility index (Phi) is 2.68. The molecule has 0 amide bonds. The van der Waals surface area contributed by atoms with Crippen molar-refractivity contribution in [3.8, 4) is 17.9 Å². The Bertz CT molecular complexity index is 422. The normalized spacial score (nSPS) is 9.38. The summed E-state index contributed by atoms with van der Waals surface area (Å²) in [5.74, 6) is -0.0448.